The molecular weight excluding hydrogens is 340 g/mol. The summed E-state index contributed by atoms with van der Waals surface area (Å²) in [6.07, 6.45) is 0. The number of rotatable bonds is 4. The van der Waals surface area contributed by atoms with Crippen LogP contribution in [0.15, 0.2) is 59.5 Å². The van der Waals surface area contributed by atoms with Gasteiger partial charge < -0.3 is 10.6 Å². The molecule has 1 fully saturated rings. The van der Waals surface area contributed by atoms with Crippen LogP contribution < -0.4 is 5.73 Å². The number of hydrogen-bond acceptors (Lipinski definition) is 3. The molecule has 5 heteroatoms. The summed E-state index contributed by atoms with van der Waals surface area (Å²) in [5.74, 6) is 0.884. The molecule has 0 aliphatic carbocycles. The summed E-state index contributed by atoms with van der Waals surface area (Å²) in [6, 6.07) is 18.4. The molecule has 2 atom stereocenters. The Morgan fingerprint density at radius 3 is 2.50 bits per heavy atom. The van der Waals surface area contributed by atoms with Gasteiger partial charge in [0.1, 0.15) is 0 Å². The maximum atomic E-state index is 12.5. The highest BCUT2D eigenvalue weighted by molar-refractivity contribution is 8.00. The summed E-state index contributed by atoms with van der Waals surface area (Å²) >= 11 is 1.61. The minimum Gasteiger partial charge on any atom is -0.340 e. The van der Waals surface area contributed by atoms with E-state index in [-0.39, 0.29) is 30.3 Å². The standard InChI is InChI=1S/C19H22N2OS.ClH/c1-14-7-5-6-10-18(14)23-13-19(22)21-11-16(17(20)12-21)15-8-3-2-4-9-15;/h2-10,16-17H,11-13,20H2,1H3;1H/t16-,17+;/m0./s1. The molecule has 2 aromatic rings. The second-order valence-electron chi connectivity index (χ2n) is 6.03. The van der Waals surface area contributed by atoms with Gasteiger partial charge in [-0.25, -0.2) is 0 Å². The third-order valence-corrected chi connectivity index (χ3v) is 5.55. The Kier molecular flexibility index (Phi) is 6.72. The average Bonchev–Trinajstić information content (AvgIpc) is 2.96. The van der Waals surface area contributed by atoms with Crippen molar-refractivity contribution in [1.82, 2.24) is 4.90 Å². The SMILES string of the molecule is Cc1ccccc1SCC(=O)N1C[C@@H](N)[C@H](c2ccccc2)C1.Cl. The van der Waals surface area contributed by atoms with Gasteiger partial charge in [-0.1, -0.05) is 48.5 Å². The zero-order valence-electron chi connectivity index (χ0n) is 13.7. The lowest BCUT2D eigenvalue weighted by atomic mass is 9.95. The Balaban J connectivity index is 0.00000208. The molecular formula is C19H23ClN2OS. The van der Waals surface area contributed by atoms with E-state index in [0.717, 1.165) is 6.54 Å². The lowest BCUT2D eigenvalue weighted by Gasteiger charge is -2.16. The number of likely N-dealkylation sites (tertiary alicyclic amines) is 1. The first kappa shape index (κ1) is 18.8. The van der Waals surface area contributed by atoms with Crippen molar-refractivity contribution in [2.75, 3.05) is 18.8 Å². The number of benzene rings is 2. The van der Waals surface area contributed by atoms with Gasteiger partial charge in [0.15, 0.2) is 0 Å². The van der Waals surface area contributed by atoms with Crippen LogP contribution in [0.25, 0.3) is 0 Å². The monoisotopic (exact) mass is 362 g/mol. The van der Waals surface area contributed by atoms with Crippen LogP contribution in [0.5, 0.6) is 0 Å². The van der Waals surface area contributed by atoms with Crippen LogP contribution in [0.3, 0.4) is 0 Å². The minimum absolute atomic E-state index is 0. The van der Waals surface area contributed by atoms with E-state index in [2.05, 4.69) is 31.2 Å². The normalized spacial score (nSPS) is 19.8. The number of amides is 1. The van der Waals surface area contributed by atoms with Crippen LogP contribution in [-0.4, -0.2) is 35.7 Å². The van der Waals surface area contributed by atoms with Crippen molar-refractivity contribution >= 4 is 30.1 Å². The molecule has 0 saturated carbocycles. The highest BCUT2D eigenvalue weighted by Gasteiger charge is 2.33. The summed E-state index contributed by atoms with van der Waals surface area (Å²) in [4.78, 5) is 15.6. The molecule has 3 nitrogen and oxygen atoms in total. The zero-order valence-corrected chi connectivity index (χ0v) is 15.4. The van der Waals surface area contributed by atoms with Gasteiger partial charge in [0.2, 0.25) is 5.91 Å². The van der Waals surface area contributed by atoms with Gasteiger partial charge in [-0.15, -0.1) is 24.2 Å². The van der Waals surface area contributed by atoms with Crippen LogP contribution in [0.1, 0.15) is 17.0 Å². The molecule has 0 aromatic heterocycles. The van der Waals surface area contributed by atoms with Crippen LogP contribution >= 0.6 is 24.2 Å². The second kappa shape index (κ2) is 8.56. The number of thioether (sulfide) groups is 1. The fraction of sp³-hybridized carbons (Fsp3) is 0.316. The third kappa shape index (κ3) is 4.32. The van der Waals surface area contributed by atoms with E-state index >= 15 is 0 Å². The molecule has 1 saturated heterocycles. The summed E-state index contributed by atoms with van der Waals surface area (Å²) in [6.45, 7) is 3.44. The van der Waals surface area contributed by atoms with Crippen LogP contribution in [-0.2, 0) is 4.79 Å². The molecule has 0 bridgehead atoms. The molecule has 1 aliphatic heterocycles. The fourth-order valence-corrected chi connectivity index (χ4v) is 3.97. The summed E-state index contributed by atoms with van der Waals surface area (Å²) in [5.41, 5.74) is 8.71. The number of carbonyl (C=O) groups excluding carboxylic acids is 1. The first-order valence-electron chi connectivity index (χ1n) is 7.92. The van der Waals surface area contributed by atoms with Crippen molar-refractivity contribution in [3.8, 4) is 0 Å². The van der Waals surface area contributed by atoms with E-state index in [1.165, 1.54) is 16.0 Å². The molecule has 128 valence electrons. The first-order chi connectivity index (χ1) is 11.1. The fourth-order valence-electron chi connectivity index (χ4n) is 3.03. The molecule has 1 heterocycles. The molecule has 1 amide bonds. The predicted octanol–water partition coefficient (Wildman–Crippen LogP) is 3.46. The lowest BCUT2D eigenvalue weighted by molar-refractivity contribution is -0.127. The summed E-state index contributed by atoms with van der Waals surface area (Å²) in [7, 11) is 0. The van der Waals surface area contributed by atoms with Crippen molar-refractivity contribution in [2.45, 2.75) is 23.8 Å². The number of hydrogen-bond donors (Lipinski definition) is 1. The van der Waals surface area contributed by atoms with Crippen molar-refractivity contribution in [2.24, 2.45) is 5.73 Å². The molecule has 0 radical (unpaired) electrons. The smallest absolute Gasteiger partial charge is 0.233 e. The maximum absolute atomic E-state index is 12.5. The van der Waals surface area contributed by atoms with E-state index in [9.17, 15) is 4.79 Å². The quantitative estimate of drug-likeness (QED) is 0.847. The second-order valence-corrected chi connectivity index (χ2v) is 7.05. The number of carbonyl (C=O) groups is 1. The topological polar surface area (TPSA) is 46.3 Å². The van der Waals surface area contributed by atoms with Gasteiger partial charge in [0.05, 0.1) is 5.75 Å². The highest BCUT2D eigenvalue weighted by Crippen LogP contribution is 2.28. The van der Waals surface area contributed by atoms with E-state index in [0.29, 0.717) is 12.3 Å². The number of aryl methyl sites for hydroxylation is 1. The Hall–Kier alpha value is -1.49. The number of halogens is 1. The van der Waals surface area contributed by atoms with Gasteiger partial charge in [-0.05, 0) is 24.1 Å². The van der Waals surface area contributed by atoms with E-state index in [1.54, 1.807) is 11.8 Å². The zero-order chi connectivity index (χ0) is 16.2. The van der Waals surface area contributed by atoms with E-state index in [4.69, 9.17) is 5.73 Å². The van der Waals surface area contributed by atoms with Gasteiger partial charge in [0, 0.05) is 29.9 Å². The van der Waals surface area contributed by atoms with Crippen molar-refractivity contribution in [1.29, 1.82) is 0 Å². The Morgan fingerprint density at radius 1 is 1.12 bits per heavy atom. The van der Waals surface area contributed by atoms with Crippen molar-refractivity contribution in [3.05, 3.63) is 65.7 Å². The summed E-state index contributed by atoms with van der Waals surface area (Å²) < 4.78 is 0. The predicted molar refractivity (Wildman–Crippen MR) is 103 cm³/mol. The number of nitrogens with zero attached hydrogens (tertiary/aromatic N) is 1. The molecule has 0 spiro atoms. The maximum Gasteiger partial charge on any atom is 0.233 e. The molecule has 2 N–H and O–H groups in total. The minimum atomic E-state index is 0. The van der Waals surface area contributed by atoms with Crippen LogP contribution in [0, 0.1) is 6.92 Å². The lowest BCUT2D eigenvalue weighted by Crippen LogP contribution is -2.33. The molecule has 0 unspecified atom stereocenters. The Morgan fingerprint density at radius 2 is 1.79 bits per heavy atom. The van der Waals surface area contributed by atoms with Gasteiger partial charge in [-0.3, -0.25) is 4.79 Å². The third-order valence-electron chi connectivity index (χ3n) is 4.39. The first-order valence-corrected chi connectivity index (χ1v) is 8.90. The van der Waals surface area contributed by atoms with Crippen LogP contribution in [0.2, 0.25) is 0 Å². The van der Waals surface area contributed by atoms with Gasteiger partial charge >= 0.3 is 0 Å². The van der Waals surface area contributed by atoms with E-state index < -0.39 is 0 Å². The molecule has 3 rings (SSSR count). The van der Waals surface area contributed by atoms with Gasteiger partial charge in [0.25, 0.3) is 0 Å². The summed E-state index contributed by atoms with van der Waals surface area (Å²) in [5, 5.41) is 0. The molecule has 24 heavy (non-hydrogen) atoms. The Labute approximate surface area is 154 Å². The average molecular weight is 363 g/mol. The van der Waals surface area contributed by atoms with Crippen molar-refractivity contribution < 1.29 is 4.79 Å². The van der Waals surface area contributed by atoms with Gasteiger partial charge in [-0.2, -0.15) is 0 Å². The number of nitrogens with two attached hydrogens (primary N) is 1. The molecule has 2 aromatic carbocycles. The van der Waals surface area contributed by atoms with Crippen molar-refractivity contribution in [3.63, 3.8) is 0 Å². The molecule has 1 aliphatic rings. The van der Waals surface area contributed by atoms with E-state index in [1.807, 2.05) is 35.2 Å². The largest absolute Gasteiger partial charge is 0.340 e. The Bertz CT molecular complexity index is 680. The van der Waals surface area contributed by atoms with Crippen LogP contribution in [0.4, 0.5) is 0 Å². The highest BCUT2D eigenvalue weighted by atomic mass is 35.5.